The smallest absolute Gasteiger partial charge is 0.134 e. The van der Waals surface area contributed by atoms with Crippen LogP contribution >= 0.6 is 0 Å². The number of piperidine rings is 1. The summed E-state index contributed by atoms with van der Waals surface area (Å²) in [7, 11) is 3.56. The molecule has 1 aliphatic rings. The van der Waals surface area contributed by atoms with Crippen LogP contribution in [0.3, 0.4) is 0 Å². The van der Waals surface area contributed by atoms with Crippen LogP contribution in [0.25, 0.3) is 22.4 Å². The maximum atomic E-state index is 10.2. The maximum absolute atomic E-state index is 10.2. The molecule has 1 aromatic carbocycles. The molecule has 9 nitrogen and oxygen atoms in total. The van der Waals surface area contributed by atoms with E-state index in [0.29, 0.717) is 24.5 Å². The summed E-state index contributed by atoms with van der Waals surface area (Å²) in [6.07, 6.45) is 7.56. The third-order valence-corrected chi connectivity index (χ3v) is 6.09. The second-order valence-corrected chi connectivity index (χ2v) is 8.19. The van der Waals surface area contributed by atoms with Gasteiger partial charge < -0.3 is 14.9 Å². The lowest BCUT2D eigenvalue weighted by atomic mass is 9.91. The van der Waals surface area contributed by atoms with E-state index in [1.807, 2.05) is 31.4 Å². The third-order valence-electron chi connectivity index (χ3n) is 6.09. The predicted octanol–water partition coefficient (Wildman–Crippen LogP) is 3.46. The highest BCUT2D eigenvalue weighted by molar-refractivity contribution is 5.91. The predicted molar refractivity (Wildman–Crippen MR) is 127 cm³/mol. The summed E-state index contributed by atoms with van der Waals surface area (Å²) in [6.45, 7) is 1.33. The van der Waals surface area contributed by atoms with E-state index in [9.17, 15) is 10.4 Å². The highest BCUT2D eigenvalue weighted by Gasteiger charge is 2.28. The van der Waals surface area contributed by atoms with Crippen LogP contribution < -0.4 is 4.90 Å². The average molecular weight is 443 g/mol. The van der Waals surface area contributed by atoms with Crippen LogP contribution in [0.5, 0.6) is 5.75 Å². The molecule has 1 saturated heterocycles. The molecule has 3 heterocycles. The summed E-state index contributed by atoms with van der Waals surface area (Å²) < 4.78 is 1.71. The zero-order chi connectivity index (χ0) is 23.5. The van der Waals surface area contributed by atoms with Crippen molar-refractivity contribution >= 4 is 17.9 Å². The molecular weight excluding hydrogens is 416 g/mol. The van der Waals surface area contributed by atoms with Crippen molar-refractivity contribution < 1.29 is 5.11 Å². The number of nitriles is 1. The van der Waals surface area contributed by atoms with E-state index < -0.39 is 0 Å². The standard InChI is InChI=1S/C24H26N8O/c1-30(15-26)24(27)16-5-9-32(10-6-16)23-19(17-11-18(33)14-28-13-17)3-4-20(21(23)12-25)22-7-8-31(2)29-22/h3-4,7-8,11,13-16,26-27,33H,5-6,9-10H2,1-2H3. The monoisotopic (exact) mass is 442 g/mol. The van der Waals surface area contributed by atoms with Crippen LogP contribution in [-0.4, -0.2) is 57.1 Å². The van der Waals surface area contributed by atoms with Gasteiger partial charge in [-0.2, -0.15) is 10.4 Å². The molecule has 0 radical (unpaired) electrons. The highest BCUT2D eigenvalue weighted by atomic mass is 16.3. The first-order valence-electron chi connectivity index (χ1n) is 10.7. The molecule has 0 bridgehead atoms. The number of aromatic nitrogens is 3. The second kappa shape index (κ2) is 9.12. The summed E-state index contributed by atoms with van der Waals surface area (Å²) >= 11 is 0. The van der Waals surface area contributed by atoms with Gasteiger partial charge in [-0.05, 0) is 25.0 Å². The van der Waals surface area contributed by atoms with Crippen molar-refractivity contribution in [2.24, 2.45) is 13.0 Å². The molecule has 33 heavy (non-hydrogen) atoms. The highest BCUT2D eigenvalue weighted by Crippen LogP contribution is 2.41. The molecule has 2 aromatic heterocycles. The van der Waals surface area contributed by atoms with Crippen LogP contribution in [0, 0.1) is 28.1 Å². The molecule has 168 valence electrons. The molecule has 3 N–H and O–H groups in total. The van der Waals surface area contributed by atoms with Gasteiger partial charge in [-0.15, -0.1) is 0 Å². The minimum absolute atomic E-state index is 0.0586. The molecule has 9 heteroatoms. The van der Waals surface area contributed by atoms with Gasteiger partial charge in [0.05, 0.1) is 29.5 Å². The second-order valence-electron chi connectivity index (χ2n) is 8.19. The minimum Gasteiger partial charge on any atom is -0.506 e. The Labute approximate surface area is 192 Å². The number of nitrogens with zero attached hydrogens (tertiary/aromatic N) is 6. The Morgan fingerprint density at radius 3 is 2.58 bits per heavy atom. The number of amidine groups is 1. The Kier molecular flexibility index (Phi) is 6.09. The molecule has 0 aliphatic carbocycles. The number of anilines is 1. The number of aryl methyl sites for hydroxylation is 1. The Morgan fingerprint density at radius 2 is 1.97 bits per heavy atom. The van der Waals surface area contributed by atoms with Crippen LogP contribution in [0.4, 0.5) is 5.69 Å². The topological polar surface area (TPSA) is 129 Å². The van der Waals surface area contributed by atoms with Crippen molar-refractivity contribution in [3.05, 3.63) is 48.4 Å². The van der Waals surface area contributed by atoms with Crippen molar-refractivity contribution in [1.29, 1.82) is 16.1 Å². The van der Waals surface area contributed by atoms with Gasteiger partial charge in [-0.3, -0.25) is 20.5 Å². The largest absolute Gasteiger partial charge is 0.506 e. The summed E-state index contributed by atoms with van der Waals surface area (Å²) in [5.74, 6) is 0.556. The number of hydrogen-bond acceptors (Lipinski definition) is 7. The van der Waals surface area contributed by atoms with Crippen molar-refractivity contribution in [3.8, 4) is 34.2 Å². The van der Waals surface area contributed by atoms with Crippen molar-refractivity contribution in [3.63, 3.8) is 0 Å². The first-order valence-corrected chi connectivity index (χ1v) is 10.7. The van der Waals surface area contributed by atoms with Crippen LogP contribution in [0.2, 0.25) is 0 Å². The van der Waals surface area contributed by atoms with Crippen molar-refractivity contribution in [2.75, 3.05) is 25.0 Å². The molecule has 0 atom stereocenters. The van der Waals surface area contributed by atoms with Gasteiger partial charge in [0.2, 0.25) is 0 Å². The van der Waals surface area contributed by atoms with Gasteiger partial charge in [-0.1, -0.05) is 12.1 Å². The van der Waals surface area contributed by atoms with E-state index in [2.05, 4.69) is 21.1 Å². The maximum Gasteiger partial charge on any atom is 0.134 e. The van der Waals surface area contributed by atoms with E-state index in [-0.39, 0.29) is 11.7 Å². The summed E-state index contributed by atoms with van der Waals surface area (Å²) in [4.78, 5) is 7.84. The van der Waals surface area contributed by atoms with Crippen LogP contribution in [0.15, 0.2) is 42.9 Å². The van der Waals surface area contributed by atoms with Gasteiger partial charge in [0.15, 0.2) is 0 Å². The fourth-order valence-corrected chi connectivity index (χ4v) is 4.35. The van der Waals surface area contributed by atoms with Gasteiger partial charge in [0, 0.05) is 62.2 Å². The number of rotatable bonds is 5. The normalized spacial score (nSPS) is 14.0. The van der Waals surface area contributed by atoms with Gasteiger partial charge >= 0.3 is 0 Å². The van der Waals surface area contributed by atoms with Crippen molar-refractivity contribution in [1.82, 2.24) is 19.7 Å². The number of benzene rings is 1. The average Bonchev–Trinajstić information content (AvgIpc) is 3.28. The number of nitrogens with one attached hydrogen (secondary N) is 2. The molecular formula is C24H26N8O. The van der Waals surface area contributed by atoms with Crippen LogP contribution in [-0.2, 0) is 7.05 Å². The van der Waals surface area contributed by atoms with Gasteiger partial charge in [0.25, 0.3) is 0 Å². The third kappa shape index (κ3) is 4.28. The summed E-state index contributed by atoms with van der Waals surface area (Å²) in [6, 6.07) is 9.78. The first kappa shape index (κ1) is 22.0. The molecule has 0 unspecified atom stereocenters. The molecule has 4 rings (SSSR count). The van der Waals surface area contributed by atoms with Gasteiger partial charge in [0.1, 0.15) is 17.7 Å². The van der Waals surface area contributed by atoms with E-state index in [1.54, 1.807) is 24.0 Å². The summed E-state index contributed by atoms with van der Waals surface area (Å²) in [5.41, 5.74) is 4.34. The van der Waals surface area contributed by atoms with E-state index in [1.165, 1.54) is 11.1 Å². The SMILES string of the molecule is CN(C=N)C(=N)C1CCN(c2c(-c3cncc(O)c3)ccc(-c3ccn(C)n3)c2C#N)CC1. The Bertz CT molecular complexity index is 1230. The van der Waals surface area contributed by atoms with E-state index in [4.69, 9.17) is 10.8 Å². The molecule has 3 aromatic rings. The lowest BCUT2D eigenvalue weighted by Gasteiger charge is -2.36. The van der Waals surface area contributed by atoms with E-state index >= 15 is 0 Å². The number of aromatic hydroxyl groups is 1. The van der Waals surface area contributed by atoms with E-state index in [0.717, 1.165) is 47.3 Å². The Balaban J connectivity index is 1.78. The molecule has 1 fully saturated rings. The first-order chi connectivity index (χ1) is 15.9. The lowest BCUT2D eigenvalue weighted by molar-refractivity contribution is 0.472. The molecule has 0 amide bonds. The minimum atomic E-state index is 0.0586. The summed E-state index contributed by atoms with van der Waals surface area (Å²) in [5, 5.41) is 40.5. The fourth-order valence-electron chi connectivity index (χ4n) is 4.35. The molecule has 1 aliphatic heterocycles. The molecule has 0 spiro atoms. The number of hydrogen-bond donors (Lipinski definition) is 3. The quantitative estimate of drug-likeness (QED) is 0.410. The Hall–Kier alpha value is -4.19. The fraction of sp³-hybridized carbons (Fsp3) is 0.292. The van der Waals surface area contributed by atoms with Crippen LogP contribution in [0.1, 0.15) is 18.4 Å². The lowest BCUT2D eigenvalue weighted by Crippen LogP contribution is -2.41. The Morgan fingerprint density at radius 1 is 1.24 bits per heavy atom. The zero-order valence-electron chi connectivity index (χ0n) is 18.7. The zero-order valence-corrected chi connectivity index (χ0v) is 18.7. The van der Waals surface area contributed by atoms with Gasteiger partial charge in [-0.25, -0.2) is 0 Å². The van der Waals surface area contributed by atoms with Crippen molar-refractivity contribution in [2.45, 2.75) is 12.8 Å². The number of pyridine rings is 1. The molecule has 0 saturated carbocycles.